The van der Waals surface area contributed by atoms with Crippen LogP contribution in [0.25, 0.3) is 5.70 Å². The van der Waals surface area contributed by atoms with Crippen LogP contribution in [0.4, 0.5) is 10.5 Å². The van der Waals surface area contributed by atoms with Crippen LogP contribution in [0.2, 0.25) is 0 Å². The van der Waals surface area contributed by atoms with E-state index < -0.39 is 16.1 Å². The lowest BCUT2D eigenvalue weighted by Gasteiger charge is -2.39. The van der Waals surface area contributed by atoms with Gasteiger partial charge < -0.3 is 15.4 Å². The summed E-state index contributed by atoms with van der Waals surface area (Å²) >= 11 is 3.47. The van der Waals surface area contributed by atoms with E-state index >= 15 is 0 Å². The second-order valence-corrected chi connectivity index (χ2v) is 9.37. The maximum atomic E-state index is 12.4. The van der Waals surface area contributed by atoms with Crippen LogP contribution in [-0.2, 0) is 10.0 Å². The zero-order valence-corrected chi connectivity index (χ0v) is 17.6. The highest BCUT2D eigenvalue weighted by Gasteiger charge is 2.37. The number of amides is 2. The van der Waals surface area contributed by atoms with E-state index in [1.165, 1.54) is 10.6 Å². The molecule has 2 aliphatic rings. The van der Waals surface area contributed by atoms with Crippen molar-refractivity contribution < 1.29 is 17.9 Å². The molecule has 0 aromatic heterocycles. The minimum atomic E-state index is -3.50. The number of ether oxygens (including phenoxy) is 1. The van der Waals surface area contributed by atoms with Crippen molar-refractivity contribution in [3.05, 3.63) is 63.6 Å². The summed E-state index contributed by atoms with van der Waals surface area (Å²) in [4.78, 5) is 12.4. The SMILES string of the molecule is COc1ccc(C2NC(=O)NC3=C2CN(S(C)(=O)=O)c2ccccc23)cc1Br. The molecule has 1 atom stereocenters. The predicted molar refractivity (Wildman–Crippen MR) is 111 cm³/mol. The molecule has 28 heavy (non-hydrogen) atoms. The van der Waals surface area contributed by atoms with E-state index in [9.17, 15) is 13.2 Å². The second-order valence-electron chi connectivity index (χ2n) is 6.61. The number of nitrogens with zero attached hydrogens (tertiary/aromatic N) is 1. The number of fused-ring (bicyclic) bond motifs is 2. The molecule has 0 spiro atoms. The van der Waals surface area contributed by atoms with Gasteiger partial charge in [0.1, 0.15) is 5.75 Å². The number of hydrogen-bond donors (Lipinski definition) is 2. The summed E-state index contributed by atoms with van der Waals surface area (Å²) in [6.07, 6.45) is 1.18. The summed E-state index contributed by atoms with van der Waals surface area (Å²) in [7, 11) is -1.92. The number of rotatable bonds is 3. The molecule has 0 radical (unpaired) electrons. The summed E-state index contributed by atoms with van der Waals surface area (Å²) in [6.45, 7) is 0.146. The predicted octanol–water partition coefficient (Wildman–Crippen LogP) is 3.00. The Morgan fingerprint density at radius 1 is 1.21 bits per heavy atom. The maximum Gasteiger partial charge on any atom is 0.320 e. The molecule has 146 valence electrons. The first-order chi connectivity index (χ1) is 13.3. The number of sulfonamides is 1. The monoisotopic (exact) mass is 463 g/mol. The lowest BCUT2D eigenvalue weighted by Crippen LogP contribution is -2.48. The van der Waals surface area contributed by atoms with E-state index in [1.807, 2.05) is 24.3 Å². The quantitative estimate of drug-likeness (QED) is 0.731. The van der Waals surface area contributed by atoms with Crippen LogP contribution in [0.3, 0.4) is 0 Å². The molecule has 2 aromatic rings. The molecule has 7 nitrogen and oxygen atoms in total. The van der Waals surface area contributed by atoms with Gasteiger partial charge in [0.15, 0.2) is 0 Å². The Labute approximate surface area is 171 Å². The van der Waals surface area contributed by atoms with Gasteiger partial charge in [-0.05, 0) is 39.7 Å². The van der Waals surface area contributed by atoms with Crippen LogP contribution in [-0.4, -0.2) is 34.4 Å². The Bertz CT molecular complexity index is 1110. The van der Waals surface area contributed by atoms with Gasteiger partial charge in [0.2, 0.25) is 10.0 Å². The van der Waals surface area contributed by atoms with Crippen LogP contribution in [0.1, 0.15) is 17.2 Å². The van der Waals surface area contributed by atoms with Crippen LogP contribution in [0.15, 0.2) is 52.5 Å². The number of nitrogens with one attached hydrogen (secondary N) is 2. The van der Waals surface area contributed by atoms with Gasteiger partial charge in [-0.2, -0.15) is 0 Å². The van der Waals surface area contributed by atoms with Gasteiger partial charge in [0.05, 0.1) is 41.8 Å². The van der Waals surface area contributed by atoms with Crippen molar-refractivity contribution in [3.63, 3.8) is 0 Å². The topological polar surface area (TPSA) is 87.7 Å². The Morgan fingerprint density at radius 3 is 2.64 bits per heavy atom. The van der Waals surface area contributed by atoms with Crippen molar-refractivity contribution in [2.45, 2.75) is 6.04 Å². The smallest absolute Gasteiger partial charge is 0.320 e. The lowest BCUT2D eigenvalue weighted by atomic mass is 9.90. The molecule has 1 unspecified atom stereocenters. The number of hydrogen-bond acceptors (Lipinski definition) is 4. The van der Waals surface area contributed by atoms with Crippen LogP contribution < -0.4 is 19.7 Å². The van der Waals surface area contributed by atoms with Gasteiger partial charge in [-0.1, -0.05) is 24.3 Å². The molecule has 2 heterocycles. The number of methoxy groups -OCH3 is 1. The summed E-state index contributed by atoms with van der Waals surface area (Å²) in [6, 6.07) is 11.9. The first-order valence-corrected chi connectivity index (χ1v) is 11.1. The van der Waals surface area contributed by atoms with Crippen LogP contribution >= 0.6 is 15.9 Å². The zero-order chi connectivity index (χ0) is 20.1. The van der Waals surface area contributed by atoms with Crippen molar-refractivity contribution >= 4 is 43.4 Å². The van der Waals surface area contributed by atoms with E-state index in [0.29, 0.717) is 22.7 Å². The van der Waals surface area contributed by atoms with Crippen molar-refractivity contribution in [1.82, 2.24) is 10.6 Å². The van der Waals surface area contributed by atoms with Crippen molar-refractivity contribution in [2.75, 3.05) is 24.2 Å². The summed E-state index contributed by atoms with van der Waals surface area (Å²) in [5.41, 5.74) is 3.49. The molecule has 2 aliphatic heterocycles. The van der Waals surface area contributed by atoms with Crippen LogP contribution in [0, 0.1) is 0 Å². The van der Waals surface area contributed by atoms with Gasteiger partial charge in [-0.25, -0.2) is 13.2 Å². The number of urea groups is 1. The fourth-order valence-corrected chi connectivity index (χ4v) is 5.04. The lowest BCUT2D eigenvalue weighted by molar-refractivity contribution is 0.240. The number of halogens is 1. The van der Waals surface area contributed by atoms with Crippen LogP contribution in [0.5, 0.6) is 5.75 Å². The molecule has 4 rings (SSSR count). The third-order valence-corrected chi connectivity index (χ3v) is 6.60. The Morgan fingerprint density at radius 2 is 1.96 bits per heavy atom. The highest BCUT2D eigenvalue weighted by Crippen LogP contribution is 2.41. The standard InChI is InChI=1S/C19H18BrN3O4S/c1-27-16-8-7-11(9-14(16)20)17-13-10-23(28(2,25)26)15-6-4-3-5-12(15)18(13)22-19(24)21-17/h3-9,17H,10H2,1-2H3,(H2,21,22,24). The highest BCUT2D eigenvalue weighted by atomic mass is 79.9. The average molecular weight is 464 g/mol. The first-order valence-electron chi connectivity index (χ1n) is 8.50. The zero-order valence-electron chi connectivity index (χ0n) is 15.2. The summed E-state index contributed by atoms with van der Waals surface area (Å²) < 4.78 is 32.3. The van der Waals surface area contributed by atoms with E-state index in [1.54, 1.807) is 25.3 Å². The fourth-order valence-electron chi connectivity index (χ4n) is 3.59. The van der Waals surface area contributed by atoms with Gasteiger partial charge in [0, 0.05) is 11.1 Å². The minimum Gasteiger partial charge on any atom is -0.496 e. The Kier molecular flexibility index (Phi) is 4.59. The van der Waals surface area contributed by atoms with Gasteiger partial charge in [-0.15, -0.1) is 0 Å². The third-order valence-electron chi connectivity index (χ3n) is 4.85. The summed E-state index contributed by atoms with van der Waals surface area (Å²) in [5, 5.41) is 5.76. The van der Waals surface area contributed by atoms with Crippen molar-refractivity contribution in [1.29, 1.82) is 0 Å². The fraction of sp³-hybridized carbons (Fsp3) is 0.211. The molecule has 0 saturated carbocycles. The molecule has 2 aromatic carbocycles. The molecular formula is C19H18BrN3O4S. The van der Waals surface area contributed by atoms with E-state index in [0.717, 1.165) is 15.6 Å². The van der Waals surface area contributed by atoms with Gasteiger partial charge in [-0.3, -0.25) is 4.31 Å². The van der Waals surface area contributed by atoms with Gasteiger partial charge in [0.25, 0.3) is 0 Å². The van der Waals surface area contributed by atoms with Gasteiger partial charge >= 0.3 is 6.03 Å². The van der Waals surface area contributed by atoms with E-state index in [-0.39, 0.29) is 12.6 Å². The largest absolute Gasteiger partial charge is 0.496 e. The second kappa shape index (κ2) is 6.82. The van der Waals surface area contributed by atoms with E-state index in [4.69, 9.17) is 4.74 Å². The summed E-state index contributed by atoms with van der Waals surface area (Å²) in [5.74, 6) is 0.671. The van der Waals surface area contributed by atoms with Crippen molar-refractivity contribution in [2.24, 2.45) is 0 Å². The Balaban J connectivity index is 1.89. The van der Waals surface area contributed by atoms with Crippen molar-refractivity contribution in [3.8, 4) is 5.75 Å². The molecule has 0 aliphatic carbocycles. The maximum absolute atomic E-state index is 12.4. The Hall–Kier alpha value is -2.52. The number of carbonyl (C=O) groups is 1. The number of anilines is 1. The van der Waals surface area contributed by atoms with E-state index in [2.05, 4.69) is 26.6 Å². The average Bonchev–Trinajstić information content (AvgIpc) is 2.66. The molecule has 0 saturated heterocycles. The molecule has 0 bridgehead atoms. The minimum absolute atomic E-state index is 0.146. The third kappa shape index (κ3) is 3.14. The number of carbonyl (C=O) groups excluding carboxylic acids is 1. The highest BCUT2D eigenvalue weighted by molar-refractivity contribution is 9.10. The molecule has 9 heteroatoms. The first kappa shape index (κ1) is 18.8. The molecular weight excluding hydrogens is 446 g/mol. The molecule has 2 amide bonds. The molecule has 0 fully saturated rings. The number of benzene rings is 2. The number of para-hydroxylation sites is 1. The normalized spacial score (nSPS) is 18.8. The molecule has 2 N–H and O–H groups in total.